The Balaban J connectivity index is 2.24. The first-order chi connectivity index (χ1) is 12.5. The lowest BCUT2D eigenvalue weighted by Crippen LogP contribution is -2.16. The molecule has 2 aromatic rings. The minimum atomic E-state index is -4.60. The summed E-state index contributed by atoms with van der Waals surface area (Å²) in [5, 5.41) is 1.98. The van der Waals surface area contributed by atoms with Crippen LogP contribution in [0, 0.1) is 11.6 Å². The maximum absolute atomic E-state index is 13.7. The second-order valence-electron chi connectivity index (χ2n) is 5.23. The molecule has 10 heteroatoms. The molecular formula is C17H10ClF5N2O2. The van der Waals surface area contributed by atoms with E-state index in [1.807, 2.05) is 5.32 Å². The van der Waals surface area contributed by atoms with E-state index in [0.717, 1.165) is 30.4 Å². The number of alkyl halides is 3. The van der Waals surface area contributed by atoms with Crippen LogP contribution in [0.3, 0.4) is 0 Å². The molecule has 0 bridgehead atoms. The summed E-state index contributed by atoms with van der Waals surface area (Å²) in [5.74, 6) is -4.50. The molecule has 0 atom stereocenters. The highest BCUT2D eigenvalue weighted by Crippen LogP contribution is 2.32. The highest BCUT2D eigenvalue weighted by molar-refractivity contribution is 6.32. The first-order valence-electron chi connectivity index (χ1n) is 7.13. The third kappa shape index (κ3) is 5.04. The van der Waals surface area contributed by atoms with Crippen molar-refractivity contribution in [2.75, 3.05) is 5.32 Å². The van der Waals surface area contributed by atoms with Crippen LogP contribution in [0.25, 0.3) is 6.08 Å². The van der Waals surface area contributed by atoms with Gasteiger partial charge in [-0.1, -0.05) is 11.6 Å². The van der Waals surface area contributed by atoms with Gasteiger partial charge in [-0.15, -0.1) is 0 Å². The Morgan fingerprint density at radius 3 is 2.33 bits per heavy atom. The Hall–Kier alpha value is -2.94. The van der Waals surface area contributed by atoms with Gasteiger partial charge in [0.1, 0.15) is 11.6 Å². The SMILES string of the molecule is NC(=O)c1cc(NC(=O)/C=C/c2cc(C(F)(F)F)ccc2Cl)c(F)cc1F. The van der Waals surface area contributed by atoms with Crippen molar-refractivity contribution in [3.05, 3.63) is 69.8 Å². The second kappa shape index (κ2) is 7.75. The van der Waals surface area contributed by atoms with Crippen molar-refractivity contribution in [2.24, 2.45) is 5.73 Å². The van der Waals surface area contributed by atoms with Crippen molar-refractivity contribution in [3.63, 3.8) is 0 Å². The third-order valence-corrected chi connectivity index (χ3v) is 3.66. The number of carbonyl (C=O) groups is 2. The van der Waals surface area contributed by atoms with Crippen LogP contribution in [-0.4, -0.2) is 11.8 Å². The summed E-state index contributed by atoms with van der Waals surface area (Å²) in [6.07, 6.45) is -2.81. The molecule has 0 radical (unpaired) electrons. The predicted octanol–water partition coefficient (Wildman–Crippen LogP) is 4.39. The van der Waals surface area contributed by atoms with E-state index in [2.05, 4.69) is 0 Å². The van der Waals surface area contributed by atoms with E-state index in [0.29, 0.717) is 12.1 Å². The number of nitrogens with two attached hydrogens (primary N) is 1. The van der Waals surface area contributed by atoms with Gasteiger partial charge in [0.05, 0.1) is 16.8 Å². The summed E-state index contributed by atoms with van der Waals surface area (Å²) in [6, 6.07) is 3.59. The Bertz CT molecular complexity index is 942. The molecule has 0 unspecified atom stereocenters. The summed E-state index contributed by atoms with van der Waals surface area (Å²) < 4.78 is 65.2. The number of halogens is 6. The maximum Gasteiger partial charge on any atom is 0.416 e. The lowest BCUT2D eigenvalue weighted by Gasteiger charge is -2.08. The zero-order chi connectivity index (χ0) is 20.4. The maximum atomic E-state index is 13.7. The van der Waals surface area contributed by atoms with E-state index < -0.39 is 46.4 Å². The zero-order valence-electron chi connectivity index (χ0n) is 13.2. The minimum Gasteiger partial charge on any atom is -0.366 e. The van der Waals surface area contributed by atoms with Crippen LogP contribution in [0.2, 0.25) is 5.02 Å². The van der Waals surface area contributed by atoms with Gasteiger partial charge >= 0.3 is 6.18 Å². The van der Waals surface area contributed by atoms with E-state index in [1.165, 1.54) is 0 Å². The van der Waals surface area contributed by atoms with Gasteiger partial charge in [-0.25, -0.2) is 8.78 Å². The van der Waals surface area contributed by atoms with Crippen LogP contribution in [0.4, 0.5) is 27.6 Å². The molecule has 0 spiro atoms. The average molecular weight is 405 g/mol. The number of benzene rings is 2. The molecule has 3 N–H and O–H groups in total. The first-order valence-corrected chi connectivity index (χ1v) is 7.51. The van der Waals surface area contributed by atoms with Gasteiger partial charge in [-0.3, -0.25) is 9.59 Å². The lowest BCUT2D eigenvalue weighted by atomic mass is 10.1. The molecule has 2 amide bonds. The molecule has 2 rings (SSSR count). The zero-order valence-corrected chi connectivity index (χ0v) is 14.0. The molecule has 0 aliphatic carbocycles. The van der Waals surface area contributed by atoms with Crippen LogP contribution in [0.5, 0.6) is 0 Å². The molecule has 0 aliphatic heterocycles. The van der Waals surface area contributed by atoms with Crippen molar-refractivity contribution >= 4 is 35.2 Å². The molecule has 0 saturated heterocycles. The highest BCUT2D eigenvalue weighted by atomic mass is 35.5. The second-order valence-corrected chi connectivity index (χ2v) is 5.64. The smallest absolute Gasteiger partial charge is 0.366 e. The van der Waals surface area contributed by atoms with Crippen molar-refractivity contribution < 1.29 is 31.5 Å². The Labute approximate surface area is 154 Å². The number of rotatable bonds is 4. The standard InChI is InChI=1S/C17H10ClF5N2O2/c18-11-3-2-9(17(21,22)23)5-8(11)1-4-15(26)25-14-6-10(16(24)27)12(19)7-13(14)20/h1-7H,(H2,24,27)(H,25,26)/b4-1+. The number of nitrogens with one attached hydrogen (secondary N) is 1. The number of primary amides is 1. The molecule has 0 heterocycles. The van der Waals surface area contributed by atoms with Crippen molar-refractivity contribution in [1.29, 1.82) is 0 Å². The van der Waals surface area contributed by atoms with Crippen LogP contribution < -0.4 is 11.1 Å². The lowest BCUT2D eigenvalue weighted by molar-refractivity contribution is -0.137. The minimum absolute atomic E-state index is 0.0453. The summed E-state index contributed by atoms with van der Waals surface area (Å²) in [5.41, 5.74) is 2.69. The van der Waals surface area contributed by atoms with Gasteiger partial charge in [0.2, 0.25) is 5.91 Å². The normalized spacial score (nSPS) is 11.6. The summed E-state index contributed by atoms with van der Waals surface area (Å²) in [7, 11) is 0. The molecule has 0 aromatic heterocycles. The third-order valence-electron chi connectivity index (χ3n) is 3.32. The summed E-state index contributed by atoms with van der Waals surface area (Å²) >= 11 is 5.78. The van der Waals surface area contributed by atoms with Gasteiger partial charge in [-0.2, -0.15) is 13.2 Å². The van der Waals surface area contributed by atoms with E-state index in [1.54, 1.807) is 0 Å². The van der Waals surface area contributed by atoms with Gasteiger partial charge < -0.3 is 11.1 Å². The molecule has 27 heavy (non-hydrogen) atoms. The van der Waals surface area contributed by atoms with Gasteiger partial charge in [0.15, 0.2) is 0 Å². The van der Waals surface area contributed by atoms with E-state index in [9.17, 15) is 31.5 Å². The van der Waals surface area contributed by atoms with Gasteiger partial charge in [0.25, 0.3) is 5.91 Å². The van der Waals surface area contributed by atoms with Crippen LogP contribution >= 0.6 is 11.6 Å². The van der Waals surface area contributed by atoms with Crippen LogP contribution in [0.15, 0.2) is 36.4 Å². The fourth-order valence-corrected chi connectivity index (χ4v) is 2.20. The van der Waals surface area contributed by atoms with Crippen LogP contribution in [-0.2, 0) is 11.0 Å². The number of carbonyl (C=O) groups excluding carboxylic acids is 2. The molecule has 0 saturated carbocycles. The number of anilines is 1. The van der Waals surface area contributed by atoms with Crippen molar-refractivity contribution in [2.45, 2.75) is 6.18 Å². The summed E-state index contributed by atoms with van der Waals surface area (Å²) in [6.45, 7) is 0. The van der Waals surface area contributed by atoms with Crippen molar-refractivity contribution in [3.8, 4) is 0 Å². The molecular weight excluding hydrogens is 395 g/mol. The van der Waals surface area contributed by atoms with Crippen molar-refractivity contribution in [1.82, 2.24) is 0 Å². The molecule has 0 aliphatic rings. The molecule has 4 nitrogen and oxygen atoms in total. The predicted molar refractivity (Wildman–Crippen MR) is 89.0 cm³/mol. The van der Waals surface area contributed by atoms with E-state index >= 15 is 0 Å². The summed E-state index contributed by atoms with van der Waals surface area (Å²) in [4.78, 5) is 22.9. The number of hydrogen-bond donors (Lipinski definition) is 2. The largest absolute Gasteiger partial charge is 0.416 e. The number of hydrogen-bond acceptors (Lipinski definition) is 2. The Kier molecular flexibility index (Phi) is 5.85. The monoisotopic (exact) mass is 404 g/mol. The topological polar surface area (TPSA) is 72.2 Å². The highest BCUT2D eigenvalue weighted by Gasteiger charge is 2.30. The van der Waals surface area contributed by atoms with Crippen LogP contribution in [0.1, 0.15) is 21.5 Å². The molecule has 142 valence electrons. The molecule has 0 fully saturated rings. The van der Waals surface area contributed by atoms with E-state index in [-0.39, 0.29) is 10.6 Å². The Morgan fingerprint density at radius 1 is 1.07 bits per heavy atom. The van der Waals surface area contributed by atoms with Gasteiger partial charge in [0, 0.05) is 17.2 Å². The Morgan fingerprint density at radius 2 is 1.74 bits per heavy atom. The number of amides is 2. The molecule has 2 aromatic carbocycles. The average Bonchev–Trinajstić information content (AvgIpc) is 2.55. The van der Waals surface area contributed by atoms with E-state index in [4.69, 9.17) is 17.3 Å². The quantitative estimate of drug-likeness (QED) is 0.586. The first kappa shape index (κ1) is 20.4. The fraction of sp³-hybridized carbons (Fsp3) is 0.0588. The fourth-order valence-electron chi connectivity index (χ4n) is 2.02. The van der Waals surface area contributed by atoms with Gasteiger partial charge in [-0.05, 0) is 35.9 Å².